The molecule has 0 radical (unpaired) electrons. The molecule has 0 N–H and O–H groups in total. The van der Waals surface area contributed by atoms with Crippen molar-refractivity contribution in [2.75, 3.05) is 18.0 Å². The SMILES string of the molecule is CCc1ccc(N2C(=O)[C@H]3[C@@H](c4ccc(Cl)cc4)N4CCCN4[C@H]3C2=O)cc1. The zero-order valence-corrected chi connectivity index (χ0v) is 16.5. The van der Waals surface area contributed by atoms with Crippen LogP contribution in [0.3, 0.4) is 0 Å². The van der Waals surface area contributed by atoms with Crippen LogP contribution in [0.4, 0.5) is 5.69 Å². The van der Waals surface area contributed by atoms with Crippen LogP contribution in [0.2, 0.25) is 5.02 Å². The molecule has 3 saturated heterocycles. The summed E-state index contributed by atoms with van der Waals surface area (Å²) in [7, 11) is 0. The van der Waals surface area contributed by atoms with Crippen LogP contribution in [0.5, 0.6) is 0 Å². The maximum atomic E-state index is 13.5. The third kappa shape index (κ3) is 2.54. The van der Waals surface area contributed by atoms with Crippen LogP contribution in [0, 0.1) is 5.92 Å². The summed E-state index contributed by atoms with van der Waals surface area (Å²) in [4.78, 5) is 28.2. The Bertz CT molecular complexity index is 928. The molecular formula is C22H22ClN3O2. The first-order valence-electron chi connectivity index (χ1n) is 9.85. The van der Waals surface area contributed by atoms with E-state index in [1.165, 1.54) is 10.5 Å². The number of carbonyl (C=O) groups is 2. The molecule has 3 atom stereocenters. The number of aryl methyl sites for hydroxylation is 1. The van der Waals surface area contributed by atoms with Gasteiger partial charge in [0, 0.05) is 18.1 Å². The maximum Gasteiger partial charge on any atom is 0.253 e. The van der Waals surface area contributed by atoms with Crippen molar-refractivity contribution in [3.8, 4) is 0 Å². The predicted octanol–water partition coefficient (Wildman–Crippen LogP) is 3.44. The Morgan fingerprint density at radius 1 is 0.893 bits per heavy atom. The Hall–Kier alpha value is -2.21. The van der Waals surface area contributed by atoms with Gasteiger partial charge in [0.25, 0.3) is 5.91 Å². The molecule has 5 rings (SSSR count). The molecule has 0 aliphatic carbocycles. The van der Waals surface area contributed by atoms with Crippen molar-refractivity contribution in [1.82, 2.24) is 10.0 Å². The molecule has 0 aromatic heterocycles. The maximum absolute atomic E-state index is 13.5. The molecule has 3 heterocycles. The largest absolute Gasteiger partial charge is 0.274 e. The summed E-state index contributed by atoms with van der Waals surface area (Å²) in [6, 6.07) is 14.9. The molecule has 5 nitrogen and oxygen atoms in total. The number of amides is 2. The number of nitrogens with zero attached hydrogens (tertiary/aromatic N) is 3. The lowest BCUT2D eigenvalue weighted by atomic mass is 9.90. The van der Waals surface area contributed by atoms with Crippen LogP contribution in [0.25, 0.3) is 0 Å². The molecule has 3 fully saturated rings. The topological polar surface area (TPSA) is 43.9 Å². The molecule has 2 amide bonds. The highest BCUT2D eigenvalue weighted by atomic mass is 35.5. The van der Waals surface area contributed by atoms with Crippen LogP contribution >= 0.6 is 11.6 Å². The lowest BCUT2D eigenvalue weighted by molar-refractivity contribution is -0.126. The molecule has 144 valence electrons. The van der Waals surface area contributed by atoms with Crippen molar-refractivity contribution in [2.45, 2.75) is 31.8 Å². The van der Waals surface area contributed by atoms with Crippen molar-refractivity contribution in [2.24, 2.45) is 5.92 Å². The van der Waals surface area contributed by atoms with E-state index < -0.39 is 6.04 Å². The van der Waals surface area contributed by atoms with Gasteiger partial charge in [0.05, 0.1) is 17.6 Å². The van der Waals surface area contributed by atoms with Gasteiger partial charge in [-0.15, -0.1) is 0 Å². The number of fused-ring (bicyclic) bond motifs is 3. The Balaban J connectivity index is 1.55. The fourth-order valence-corrected chi connectivity index (χ4v) is 5.03. The monoisotopic (exact) mass is 395 g/mol. The molecule has 0 spiro atoms. The number of anilines is 1. The van der Waals surface area contributed by atoms with Gasteiger partial charge in [-0.3, -0.25) is 9.59 Å². The Labute approximate surface area is 169 Å². The van der Waals surface area contributed by atoms with E-state index in [-0.39, 0.29) is 23.8 Å². The number of hydrogen-bond acceptors (Lipinski definition) is 4. The van der Waals surface area contributed by atoms with Crippen molar-refractivity contribution in [3.63, 3.8) is 0 Å². The van der Waals surface area contributed by atoms with Gasteiger partial charge in [0.15, 0.2) is 0 Å². The number of hydrazine groups is 1. The van der Waals surface area contributed by atoms with Crippen molar-refractivity contribution >= 4 is 29.1 Å². The molecule has 0 bridgehead atoms. The van der Waals surface area contributed by atoms with Crippen molar-refractivity contribution in [1.29, 1.82) is 0 Å². The van der Waals surface area contributed by atoms with E-state index in [2.05, 4.69) is 16.9 Å². The predicted molar refractivity (Wildman–Crippen MR) is 108 cm³/mol. The van der Waals surface area contributed by atoms with Crippen LogP contribution in [-0.4, -0.2) is 41.0 Å². The Morgan fingerprint density at radius 2 is 1.54 bits per heavy atom. The number of benzene rings is 2. The minimum absolute atomic E-state index is 0.103. The molecule has 3 aliphatic heterocycles. The highest BCUT2D eigenvalue weighted by molar-refractivity contribution is 6.30. The average Bonchev–Trinajstić information content (AvgIpc) is 3.35. The molecule has 6 heteroatoms. The molecule has 2 aromatic rings. The number of hydrogen-bond donors (Lipinski definition) is 0. The zero-order chi connectivity index (χ0) is 19.4. The van der Waals surface area contributed by atoms with Gasteiger partial charge in [-0.1, -0.05) is 42.8 Å². The third-order valence-electron chi connectivity index (χ3n) is 6.22. The normalized spacial score (nSPS) is 27.5. The first-order chi connectivity index (χ1) is 13.6. The lowest BCUT2D eigenvalue weighted by Gasteiger charge is -2.29. The van der Waals surface area contributed by atoms with Crippen LogP contribution < -0.4 is 4.90 Å². The van der Waals surface area contributed by atoms with Crippen LogP contribution in [0.1, 0.15) is 30.5 Å². The van der Waals surface area contributed by atoms with Crippen molar-refractivity contribution in [3.05, 3.63) is 64.7 Å². The van der Waals surface area contributed by atoms with E-state index in [1.54, 1.807) is 0 Å². The van der Waals surface area contributed by atoms with Gasteiger partial charge in [-0.2, -0.15) is 0 Å². The summed E-state index contributed by atoms with van der Waals surface area (Å²) in [5.74, 6) is -0.601. The number of imide groups is 1. The summed E-state index contributed by atoms with van der Waals surface area (Å²) >= 11 is 6.07. The summed E-state index contributed by atoms with van der Waals surface area (Å²) in [6.07, 6.45) is 1.93. The van der Waals surface area contributed by atoms with Crippen LogP contribution in [0.15, 0.2) is 48.5 Å². The lowest BCUT2D eigenvalue weighted by Crippen LogP contribution is -2.44. The number of carbonyl (C=O) groups excluding carboxylic acids is 2. The molecule has 28 heavy (non-hydrogen) atoms. The summed E-state index contributed by atoms with van der Waals surface area (Å²) in [6.45, 7) is 3.77. The molecular weight excluding hydrogens is 374 g/mol. The highest BCUT2D eigenvalue weighted by Crippen LogP contribution is 2.48. The second kappa shape index (κ2) is 6.69. The van der Waals surface area contributed by atoms with E-state index in [1.807, 2.05) is 48.5 Å². The molecule has 0 unspecified atom stereocenters. The zero-order valence-electron chi connectivity index (χ0n) is 15.7. The average molecular weight is 396 g/mol. The van der Waals surface area contributed by atoms with E-state index >= 15 is 0 Å². The molecule has 2 aromatic carbocycles. The van der Waals surface area contributed by atoms with E-state index in [0.29, 0.717) is 10.7 Å². The van der Waals surface area contributed by atoms with Gasteiger partial charge in [0.2, 0.25) is 5.91 Å². The first kappa shape index (κ1) is 17.9. The second-order valence-corrected chi connectivity index (χ2v) is 8.12. The van der Waals surface area contributed by atoms with Gasteiger partial charge in [-0.05, 0) is 48.2 Å². The van der Waals surface area contributed by atoms with Crippen molar-refractivity contribution < 1.29 is 9.59 Å². The van der Waals surface area contributed by atoms with Crippen LogP contribution in [-0.2, 0) is 16.0 Å². The minimum Gasteiger partial charge on any atom is -0.274 e. The quantitative estimate of drug-likeness (QED) is 0.747. The Kier molecular flexibility index (Phi) is 4.27. The Morgan fingerprint density at radius 3 is 2.18 bits per heavy atom. The third-order valence-corrected chi connectivity index (χ3v) is 6.47. The number of rotatable bonds is 3. The first-order valence-corrected chi connectivity index (χ1v) is 10.2. The molecule has 3 aliphatic rings. The number of halogens is 1. The fourth-order valence-electron chi connectivity index (χ4n) is 4.91. The summed E-state index contributed by atoms with van der Waals surface area (Å²) in [5, 5.41) is 5.00. The second-order valence-electron chi connectivity index (χ2n) is 7.68. The fraction of sp³-hybridized carbons (Fsp3) is 0.364. The van der Waals surface area contributed by atoms with E-state index in [4.69, 9.17) is 11.6 Å². The summed E-state index contributed by atoms with van der Waals surface area (Å²) in [5.41, 5.74) is 2.89. The molecule has 0 saturated carbocycles. The smallest absolute Gasteiger partial charge is 0.253 e. The summed E-state index contributed by atoms with van der Waals surface area (Å²) < 4.78 is 0. The minimum atomic E-state index is -0.415. The standard InChI is InChI=1S/C22H22ClN3O2/c1-2-14-4-10-17(11-5-14)26-21(27)18-19(15-6-8-16(23)9-7-15)24-12-3-13-25(24)20(18)22(26)28/h4-11,18-20H,2-3,12-13H2,1H3/t18-,19+,20+/m0/s1. The van der Waals surface area contributed by atoms with Gasteiger partial charge in [0.1, 0.15) is 6.04 Å². The van der Waals surface area contributed by atoms with Gasteiger partial charge in [-0.25, -0.2) is 14.9 Å². The van der Waals surface area contributed by atoms with Gasteiger partial charge < -0.3 is 0 Å². The highest BCUT2D eigenvalue weighted by Gasteiger charge is 2.62. The van der Waals surface area contributed by atoms with E-state index in [0.717, 1.165) is 31.5 Å². The van der Waals surface area contributed by atoms with E-state index in [9.17, 15) is 9.59 Å². The van der Waals surface area contributed by atoms with Gasteiger partial charge >= 0.3 is 0 Å².